The van der Waals surface area contributed by atoms with E-state index in [0.717, 1.165) is 33.5 Å². The molecular formula is C28H33BrN4O2S. The van der Waals surface area contributed by atoms with Crippen molar-refractivity contribution in [3.8, 4) is 0 Å². The minimum atomic E-state index is -3.53. The minimum absolute atomic E-state index is 0.221. The third-order valence-corrected chi connectivity index (χ3v) is 8.12. The Balaban J connectivity index is 1.74. The van der Waals surface area contributed by atoms with Gasteiger partial charge in [0.15, 0.2) is 0 Å². The third-order valence-electron chi connectivity index (χ3n) is 5.83. The summed E-state index contributed by atoms with van der Waals surface area (Å²) in [5.74, 6) is 0.886. The molecule has 2 aromatic carbocycles. The minimum Gasteiger partial charge on any atom is -0.366 e. The van der Waals surface area contributed by atoms with Crippen LogP contribution in [0.5, 0.6) is 0 Å². The third kappa shape index (κ3) is 7.53. The molecule has 2 N–H and O–H groups in total. The number of sulfonamides is 1. The SMILES string of the molecule is C/C=C\C=C(/C)S(=O)(=O)NCc1cccc(CN/C(=C/Cc2ccccc2C)n2ncc(Br)c2C)c1. The van der Waals surface area contributed by atoms with Crippen molar-refractivity contribution in [1.29, 1.82) is 0 Å². The van der Waals surface area contributed by atoms with E-state index in [1.165, 1.54) is 11.1 Å². The number of aryl methyl sites for hydroxylation is 1. The van der Waals surface area contributed by atoms with Gasteiger partial charge < -0.3 is 5.32 Å². The number of aromatic nitrogens is 2. The molecule has 0 unspecified atom stereocenters. The van der Waals surface area contributed by atoms with Crippen LogP contribution >= 0.6 is 15.9 Å². The van der Waals surface area contributed by atoms with E-state index in [4.69, 9.17) is 0 Å². The van der Waals surface area contributed by atoms with Crippen LogP contribution < -0.4 is 10.0 Å². The number of nitrogens with zero attached hydrogens (tertiary/aromatic N) is 2. The molecule has 0 atom stereocenters. The Morgan fingerprint density at radius 1 is 1.08 bits per heavy atom. The first-order valence-corrected chi connectivity index (χ1v) is 14.0. The van der Waals surface area contributed by atoms with Gasteiger partial charge in [0.2, 0.25) is 10.0 Å². The highest BCUT2D eigenvalue weighted by atomic mass is 79.9. The fourth-order valence-electron chi connectivity index (χ4n) is 3.57. The quantitative estimate of drug-likeness (QED) is 0.278. The molecule has 0 aliphatic carbocycles. The molecule has 0 radical (unpaired) electrons. The summed E-state index contributed by atoms with van der Waals surface area (Å²) in [7, 11) is -3.53. The van der Waals surface area contributed by atoms with Crippen LogP contribution in [0, 0.1) is 13.8 Å². The molecule has 6 nitrogen and oxygen atoms in total. The zero-order valence-electron chi connectivity index (χ0n) is 21.1. The average molecular weight is 570 g/mol. The summed E-state index contributed by atoms with van der Waals surface area (Å²) in [4.78, 5) is 0.280. The van der Waals surface area contributed by atoms with Crippen LogP contribution in [-0.4, -0.2) is 18.2 Å². The molecule has 1 aromatic heterocycles. The van der Waals surface area contributed by atoms with Crippen molar-refractivity contribution in [2.24, 2.45) is 0 Å². The Bertz CT molecular complexity index is 1390. The second-order valence-corrected chi connectivity index (χ2v) is 11.3. The Labute approximate surface area is 223 Å². The van der Waals surface area contributed by atoms with E-state index in [-0.39, 0.29) is 11.4 Å². The molecule has 0 aliphatic heterocycles. The van der Waals surface area contributed by atoms with E-state index in [9.17, 15) is 8.42 Å². The lowest BCUT2D eigenvalue weighted by Crippen LogP contribution is -2.24. The number of allylic oxidation sites excluding steroid dienone is 5. The number of hydrogen-bond acceptors (Lipinski definition) is 4. The first-order valence-electron chi connectivity index (χ1n) is 11.8. The van der Waals surface area contributed by atoms with Gasteiger partial charge in [-0.15, -0.1) is 0 Å². The van der Waals surface area contributed by atoms with Gasteiger partial charge in [0.05, 0.1) is 21.3 Å². The molecule has 0 fully saturated rings. The maximum Gasteiger partial charge on any atom is 0.236 e. The van der Waals surface area contributed by atoms with Crippen LogP contribution in [0.2, 0.25) is 0 Å². The van der Waals surface area contributed by atoms with E-state index in [2.05, 4.69) is 62.3 Å². The lowest BCUT2D eigenvalue weighted by atomic mass is 10.1. The summed E-state index contributed by atoms with van der Waals surface area (Å²) in [6.45, 7) is 8.35. The van der Waals surface area contributed by atoms with E-state index < -0.39 is 10.0 Å². The highest BCUT2D eigenvalue weighted by molar-refractivity contribution is 9.10. The smallest absolute Gasteiger partial charge is 0.236 e. The van der Waals surface area contributed by atoms with Gasteiger partial charge in [-0.25, -0.2) is 17.8 Å². The van der Waals surface area contributed by atoms with Gasteiger partial charge in [0.1, 0.15) is 5.82 Å². The highest BCUT2D eigenvalue weighted by Gasteiger charge is 2.13. The molecule has 0 bridgehead atoms. The van der Waals surface area contributed by atoms with Crippen LogP contribution in [0.15, 0.2) is 88.4 Å². The molecule has 3 aromatic rings. The van der Waals surface area contributed by atoms with Crippen LogP contribution in [0.4, 0.5) is 0 Å². The van der Waals surface area contributed by atoms with Crippen molar-refractivity contribution in [3.05, 3.63) is 116 Å². The molecule has 0 aliphatic rings. The van der Waals surface area contributed by atoms with Crippen molar-refractivity contribution in [2.45, 2.75) is 47.2 Å². The van der Waals surface area contributed by atoms with Crippen LogP contribution in [0.25, 0.3) is 5.82 Å². The van der Waals surface area contributed by atoms with Crippen molar-refractivity contribution in [2.75, 3.05) is 0 Å². The van der Waals surface area contributed by atoms with Crippen molar-refractivity contribution < 1.29 is 8.42 Å². The van der Waals surface area contributed by atoms with Crippen molar-refractivity contribution in [3.63, 3.8) is 0 Å². The van der Waals surface area contributed by atoms with E-state index in [1.807, 2.05) is 48.9 Å². The Hall–Kier alpha value is -2.94. The van der Waals surface area contributed by atoms with Crippen molar-refractivity contribution >= 4 is 31.8 Å². The summed E-state index contributed by atoms with van der Waals surface area (Å²) < 4.78 is 30.4. The Morgan fingerprint density at radius 3 is 2.47 bits per heavy atom. The molecule has 0 saturated carbocycles. The lowest BCUT2D eigenvalue weighted by molar-refractivity contribution is 0.587. The topological polar surface area (TPSA) is 76.0 Å². The Morgan fingerprint density at radius 2 is 1.81 bits per heavy atom. The summed E-state index contributed by atoms with van der Waals surface area (Å²) in [5.41, 5.74) is 5.44. The second kappa shape index (κ2) is 12.9. The summed E-state index contributed by atoms with van der Waals surface area (Å²) in [5, 5.41) is 8.05. The van der Waals surface area contributed by atoms with Crippen LogP contribution in [-0.2, 0) is 29.5 Å². The van der Waals surface area contributed by atoms with Gasteiger partial charge in [-0.05, 0) is 84.5 Å². The molecule has 190 valence electrons. The molecule has 0 amide bonds. The van der Waals surface area contributed by atoms with Gasteiger partial charge in [0, 0.05) is 13.1 Å². The first-order chi connectivity index (χ1) is 17.2. The van der Waals surface area contributed by atoms with Gasteiger partial charge in [-0.1, -0.05) is 60.7 Å². The largest absolute Gasteiger partial charge is 0.366 e. The number of halogens is 1. The van der Waals surface area contributed by atoms with E-state index in [1.54, 1.807) is 31.3 Å². The van der Waals surface area contributed by atoms with E-state index >= 15 is 0 Å². The molecule has 1 heterocycles. The highest BCUT2D eigenvalue weighted by Crippen LogP contribution is 2.19. The first kappa shape index (κ1) is 27.6. The number of rotatable bonds is 11. The monoisotopic (exact) mass is 568 g/mol. The zero-order valence-corrected chi connectivity index (χ0v) is 23.5. The summed E-state index contributed by atoms with van der Waals surface area (Å²) >= 11 is 3.55. The number of nitrogens with one attached hydrogen (secondary N) is 2. The maximum atomic E-state index is 12.5. The van der Waals surface area contributed by atoms with Gasteiger partial charge in [-0.3, -0.25) is 0 Å². The van der Waals surface area contributed by atoms with Gasteiger partial charge >= 0.3 is 0 Å². The average Bonchev–Trinajstić information content (AvgIpc) is 3.20. The normalized spacial score (nSPS) is 12.9. The molecule has 0 spiro atoms. The molecular weight excluding hydrogens is 536 g/mol. The number of hydrogen-bond donors (Lipinski definition) is 2. The van der Waals surface area contributed by atoms with Crippen LogP contribution in [0.1, 0.15) is 41.8 Å². The lowest BCUT2D eigenvalue weighted by Gasteiger charge is -2.15. The van der Waals surface area contributed by atoms with E-state index in [0.29, 0.717) is 6.54 Å². The maximum absolute atomic E-state index is 12.5. The van der Waals surface area contributed by atoms with Crippen molar-refractivity contribution in [1.82, 2.24) is 19.8 Å². The second-order valence-electron chi connectivity index (χ2n) is 8.51. The predicted octanol–water partition coefficient (Wildman–Crippen LogP) is 5.99. The fourth-order valence-corrected chi connectivity index (χ4v) is 4.67. The predicted molar refractivity (Wildman–Crippen MR) is 151 cm³/mol. The van der Waals surface area contributed by atoms with Gasteiger partial charge in [-0.2, -0.15) is 5.10 Å². The summed E-state index contributed by atoms with van der Waals surface area (Å²) in [6.07, 6.45) is 9.80. The molecule has 3 rings (SSSR count). The fraction of sp³-hybridized carbons (Fsp3) is 0.250. The molecule has 0 saturated heterocycles. The van der Waals surface area contributed by atoms with Crippen LogP contribution in [0.3, 0.4) is 0 Å². The molecule has 8 heteroatoms. The van der Waals surface area contributed by atoms with Gasteiger partial charge in [0.25, 0.3) is 0 Å². The standard InChI is InChI=1S/C28H33BrN4O2S/c1-5-6-11-22(3)36(34,35)32-19-25-13-9-12-24(17-25)18-30-28(33-23(4)27(29)20-31-33)16-15-26-14-8-7-10-21(26)2/h5-14,16-17,20,30,32H,15,18-19H2,1-4H3/b6-5-,22-11+,28-16-. The number of benzene rings is 2. The summed E-state index contributed by atoms with van der Waals surface area (Å²) in [6, 6.07) is 16.2. The molecule has 36 heavy (non-hydrogen) atoms. The zero-order chi connectivity index (χ0) is 26.1. The Kier molecular flexibility index (Phi) is 9.87.